The molecule has 5 nitrogen and oxygen atoms in total. The summed E-state index contributed by atoms with van der Waals surface area (Å²) in [6.07, 6.45) is 1.04. The van der Waals surface area contributed by atoms with Crippen molar-refractivity contribution in [3.8, 4) is 17.1 Å². The standard InChI is InChI=1S/C22H27BrN4OS/c1-3-26(4-2)12-7-13-27-21(24-25-22(27)29)18-9-5-8-17(14-18)16-28-20-11-6-10-19(23)15-20/h5-6,8-11,14-15H,3-4,7,12-13,16H2,1-2H3,(H,25,29). The van der Waals surface area contributed by atoms with Gasteiger partial charge in [-0.05, 0) is 68.1 Å². The van der Waals surface area contributed by atoms with E-state index in [0.717, 1.165) is 59.8 Å². The number of aromatic nitrogens is 3. The molecule has 0 spiro atoms. The number of hydrogen-bond acceptors (Lipinski definition) is 4. The van der Waals surface area contributed by atoms with Gasteiger partial charge < -0.3 is 14.2 Å². The Morgan fingerprint density at radius 3 is 2.69 bits per heavy atom. The van der Waals surface area contributed by atoms with Gasteiger partial charge in [0.25, 0.3) is 0 Å². The number of H-pyrrole nitrogens is 1. The van der Waals surface area contributed by atoms with Gasteiger partial charge in [0.15, 0.2) is 10.6 Å². The molecule has 29 heavy (non-hydrogen) atoms. The molecule has 3 rings (SSSR count). The zero-order chi connectivity index (χ0) is 20.6. The number of rotatable bonds is 10. The van der Waals surface area contributed by atoms with E-state index < -0.39 is 0 Å². The predicted molar refractivity (Wildman–Crippen MR) is 124 cm³/mol. The predicted octanol–water partition coefficient (Wildman–Crippen LogP) is 5.68. The zero-order valence-corrected chi connectivity index (χ0v) is 19.3. The third-order valence-corrected chi connectivity index (χ3v) is 5.70. The Balaban J connectivity index is 1.71. The molecule has 0 atom stereocenters. The van der Waals surface area contributed by atoms with Gasteiger partial charge in [-0.3, -0.25) is 5.10 Å². The van der Waals surface area contributed by atoms with Gasteiger partial charge in [0.2, 0.25) is 0 Å². The van der Waals surface area contributed by atoms with Crippen LogP contribution in [0.1, 0.15) is 25.8 Å². The number of aromatic amines is 1. The molecule has 0 radical (unpaired) electrons. The lowest BCUT2D eigenvalue weighted by Gasteiger charge is -2.18. The highest BCUT2D eigenvalue weighted by Crippen LogP contribution is 2.22. The third kappa shape index (κ3) is 6.01. The Morgan fingerprint density at radius 2 is 1.93 bits per heavy atom. The van der Waals surface area contributed by atoms with E-state index in [9.17, 15) is 0 Å². The fraction of sp³-hybridized carbons (Fsp3) is 0.364. The molecule has 7 heteroatoms. The van der Waals surface area contributed by atoms with E-state index in [4.69, 9.17) is 17.0 Å². The molecule has 0 saturated carbocycles. The number of nitrogens with zero attached hydrogens (tertiary/aromatic N) is 3. The molecule has 0 fully saturated rings. The molecule has 0 bridgehead atoms. The third-order valence-electron chi connectivity index (χ3n) is 4.90. The number of ether oxygens (including phenoxy) is 1. The van der Waals surface area contributed by atoms with Crippen molar-refractivity contribution in [2.24, 2.45) is 0 Å². The van der Waals surface area contributed by atoms with Gasteiger partial charge in [-0.25, -0.2) is 0 Å². The first-order valence-corrected chi connectivity index (χ1v) is 11.2. The van der Waals surface area contributed by atoms with Gasteiger partial charge in [-0.15, -0.1) is 0 Å². The Hall–Kier alpha value is -1.96. The second-order valence-electron chi connectivity index (χ2n) is 6.83. The van der Waals surface area contributed by atoms with E-state index in [1.54, 1.807) is 0 Å². The van der Waals surface area contributed by atoms with Gasteiger partial charge >= 0.3 is 0 Å². The molecule has 2 aromatic carbocycles. The van der Waals surface area contributed by atoms with Crippen molar-refractivity contribution in [3.63, 3.8) is 0 Å². The molecule has 3 aromatic rings. The SMILES string of the molecule is CCN(CC)CCCn1c(-c2cccc(COc3cccc(Br)c3)c2)n[nH]c1=S. The van der Waals surface area contributed by atoms with Crippen molar-refractivity contribution < 1.29 is 4.74 Å². The number of hydrogen-bond donors (Lipinski definition) is 1. The number of nitrogens with one attached hydrogen (secondary N) is 1. The quantitative estimate of drug-likeness (QED) is 0.383. The van der Waals surface area contributed by atoms with Crippen molar-refractivity contribution in [3.05, 3.63) is 63.3 Å². The van der Waals surface area contributed by atoms with E-state index in [0.29, 0.717) is 11.4 Å². The van der Waals surface area contributed by atoms with Crippen LogP contribution in [-0.2, 0) is 13.2 Å². The molecule has 1 N–H and O–H groups in total. The van der Waals surface area contributed by atoms with E-state index in [1.165, 1.54) is 0 Å². The molecule has 0 aliphatic carbocycles. The Labute approximate surface area is 185 Å². The van der Waals surface area contributed by atoms with Crippen molar-refractivity contribution in [1.29, 1.82) is 0 Å². The van der Waals surface area contributed by atoms with Crippen LogP contribution in [0.15, 0.2) is 53.0 Å². The van der Waals surface area contributed by atoms with Gasteiger partial charge in [-0.2, -0.15) is 5.10 Å². The lowest BCUT2D eigenvalue weighted by atomic mass is 10.1. The smallest absolute Gasteiger partial charge is 0.195 e. The minimum absolute atomic E-state index is 0.497. The fourth-order valence-electron chi connectivity index (χ4n) is 3.26. The average Bonchev–Trinajstić information content (AvgIpc) is 3.10. The molecule has 1 aromatic heterocycles. The first-order valence-electron chi connectivity index (χ1n) is 9.96. The van der Waals surface area contributed by atoms with Crippen LogP contribution in [0, 0.1) is 4.77 Å². The van der Waals surface area contributed by atoms with Crippen LogP contribution < -0.4 is 4.74 Å². The van der Waals surface area contributed by atoms with E-state index in [-0.39, 0.29) is 0 Å². The molecule has 0 aliphatic heterocycles. The monoisotopic (exact) mass is 474 g/mol. The second kappa shape index (κ2) is 10.7. The summed E-state index contributed by atoms with van der Waals surface area (Å²) in [6, 6.07) is 16.1. The minimum Gasteiger partial charge on any atom is -0.489 e. The first-order chi connectivity index (χ1) is 14.1. The molecule has 0 saturated heterocycles. The van der Waals surface area contributed by atoms with Crippen LogP contribution in [-0.4, -0.2) is 39.3 Å². The fourth-order valence-corrected chi connectivity index (χ4v) is 3.86. The summed E-state index contributed by atoms with van der Waals surface area (Å²) < 4.78 is 9.68. The van der Waals surface area contributed by atoms with Crippen LogP contribution in [0.4, 0.5) is 0 Å². The Bertz CT molecular complexity index is 981. The van der Waals surface area contributed by atoms with Gasteiger partial charge in [-0.1, -0.05) is 54.0 Å². The van der Waals surface area contributed by atoms with Crippen LogP contribution >= 0.6 is 28.1 Å². The lowest BCUT2D eigenvalue weighted by molar-refractivity contribution is 0.293. The highest BCUT2D eigenvalue weighted by atomic mass is 79.9. The Kier molecular flexibility index (Phi) is 8.03. The van der Waals surface area contributed by atoms with Crippen molar-refractivity contribution in [1.82, 2.24) is 19.7 Å². The second-order valence-corrected chi connectivity index (χ2v) is 8.13. The van der Waals surface area contributed by atoms with E-state index >= 15 is 0 Å². The summed E-state index contributed by atoms with van der Waals surface area (Å²) in [5.74, 6) is 1.71. The van der Waals surface area contributed by atoms with Crippen LogP contribution in [0.25, 0.3) is 11.4 Å². The summed E-state index contributed by atoms with van der Waals surface area (Å²) in [5, 5.41) is 7.43. The van der Waals surface area contributed by atoms with E-state index in [2.05, 4.69) is 67.6 Å². The molecule has 0 amide bonds. The molecule has 1 heterocycles. The number of benzene rings is 2. The van der Waals surface area contributed by atoms with Crippen molar-refractivity contribution in [2.75, 3.05) is 19.6 Å². The lowest BCUT2D eigenvalue weighted by Crippen LogP contribution is -2.25. The largest absolute Gasteiger partial charge is 0.489 e. The van der Waals surface area contributed by atoms with Gasteiger partial charge in [0.05, 0.1) is 0 Å². The van der Waals surface area contributed by atoms with Crippen molar-refractivity contribution in [2.45, 2.75) is 33.4 Å². The maximum Gasteiger partial charge on any atom is 0.195 e. The molecule has 0 unspecified atom stereocenters. The summed E-state index contributed by atoms with van der Waals surface area (Å²) in [6.45, 7) is 8.93. The minimum atomic E-state index is 0.497. The van der Waals surface area contributed by atoms with Gasteiger partial charge in [0, 0.05) is 16.6 Å². The molecule has 154 valence electrons. The summed E-state index contributed by atoms with van der Waals surface area (Å²) in [7, 11) is 0. The first kappa shape index (κ1) is 21.7. The van der Waals surface area contributed by atoms with E-state index in [1.807, 2.05) is 30.3 Å². The molecular weight excluding hydrogens is 448 g/mol. The number of halogens is 1. The molecular formula is C22H27BrN4OS. The Morgan fingerprint density at radius 1 is 1.14 bits per heavy atom. The van der Waals surface area contributed by atoms with Gasteiger partial charge in [0.1, 0.15) is 12.4 Å². The van der Waals surface area contributed by atoms with Crippen LogP contribution in [0.5, 0.6) is 5.75 Å². The topological polar surface area (TPSA) is 46.1 Å². The maximum atomic E-state index is 5.92. The summed E-state index contributed by atoms with van der Waals surface area (Å²) >= 11 is 8.94. The maximum absolute atomic E-state index is 5.92. The van der Waals surface area contributed by atoms with Crippen LogP contribution in [0.2, 0.25) is 0 Å². The highest BCUT2D eigenvalue weighted by Gasteiger charge is 2.10. The normalized spacial score (nSPS) is 11.2. The van der Waals surface area contributed by atoms with Crippen LogP contribution in [0.3, 0.4) is 0 Å². The van der Waals surface area contributed by atoms with Crippen molar-refractivity contribution >= 4 is 28.1 Å². The zero-order valence-electron chi connectivity index (χ0n) is 16.9. The molecule has 0 aliphatic rings. The summed E-state index contributed by atoms with van der Waals surface area (Å²) in [5.41, 5.74) is 2.13. The average molecular weight is 475 g/mol. The highest BCUT2D eigenvalue weighted by molar-refractivity contribution is 9.10. The summed E-state index contributed by atoms with van der Waals surface area (Å²) in [4.78, 5) is 2.42.